The van der Waals surface area contributed by atoms with Gasteiger partial charge in [-0.1, -0.05) is 53.7 Å². The Labute approximate surface area is 136 Å². The van der Waals surface area contributed by atoms with E-state index < -0.39 is 7.60 Å². The van der Waals surface area contributed by atoms with Gasteiger partial charge < -0.3 is 9.05 Å². The lowest BCUT2D eigenvalue weighted by molar-refractivity contribution is 0.229. The van der Waals surface area contributed by atoms with Crippen molar-refractivity contribution in [3.63, 3.8) is 0 Å². The number of rotatable bonds is 5. The van der Waals surface area contributed by atoms with Gasteiger partial charge >= 0.3 is 7.60 Å². The maximum atomic E-state index is 13.3. The molecule has 0 spiro atoms. The lowest BCUT2D eigenvalue weighted by atomic mass is 9.82. The summed E-state index contributed by atoms with van der Waals surface area (Å²) in [7, 11) is -3.30. The Balaban J connectivity index is 3.61. The molecule has 0 unspecified atom stereocenters. The molecule has 22 heavy (non-hydrogen) atoms. The zero-order valence-corrected chi connectivity index (χ0v) is 16.2. The van der Waals surface area contributed by atoms with Crippen LogP contribution in [-0.2, 0) is 24.4 Å². The molecule has 1 rings (SSSR count). The first-order valence-corrected chi connectivity index (χ1v) is 9.54. The normalized spacial score (nSPS) is 13.5. The average molecular weight is 326 g/mol. The van der Waals surface area contributed by atoms with E-state index in [-0.39, 0.29) is 10.8 Å². The second-order valence-electron chi connectivity index (χ2n) is 7.56. The summed E-state index contributed by atoms with van der Waals surface area (Å²) in [5, 5.41) is 0.705. The van der Waals surface area contributed by atoms with Gasteiger partial charge in [-0.05, 0) is 41.9 Å². The SMILES string of the molecule is CCOP(=O)(OCC)c1cc(C(C)(C)C)ccc1C(C)(C)C. The Morgan fingerprint density at radius 1 is 0.909 bits per heavy atom. The summed E-state index contributed by atoms with van der Waals surface area (Å²) in [6.07, 6.45) is 0. The summed E-state index contributed by atoms with van der Waals surface area (Å²) in [6.45, 7) is 17.2. The highest BCUT2D eigenvalue weighted by Gasteiger charge is 2.34. The second-order valence-corrected chi connectivity index (χ2v) is 9.56. The van der Waals surface area contributed by atoms with E-state index in [9.17, 15) is 4.57 Å². The summed E-state index contributed by atoms with van der Waals surface area (Å²) in [5.41, 5.74) is 2.00. The van der Waals surface area contributed by atoms with Crippen LogP contribution < -0.4 is 5.30 Å². The molecule has 0 aliphatic carbocycles. The molecule has 0 fully saturated rings. The van der Waals surface area contributed by atoms with Gasteiger partial charge in [0.15, 0.2) is 0 Å². The van der Waals surface area contributed by atoms with E-state index in [1.165, 1.54) is 0 Å². The van der Waals surface area contributed by atoms with Crippen molar-refractivity contribution in [1.29, 1.82) is 0 Å². The highest BCUT2D eigenvalue weighted by atomic mass is 31.2. The quantitative estimate of drug-likeness (QED) is 0.700. The van der Waals surface area contributed by atoms with Crippen LogP contribution in [0.5, 0.6) is 0 Å². The second kappa shape index (κ2) is 6.86. The summed E-state index contributed by atoms with van der Waals surface area (Å²) in [4.78, 5) is 0. The van der Waals surface area contributed by atoms with E-state index >= 15 is 0 Å². The van der Waals surface area contributed by atoms with Gasteiger partial charge in [-0.15, -0.1) is 0 Å². The van der Waals surface area contributed by atoms with Crippen LogP contribution in [0.4, 0.5) is 0 Å². The molecule has 0 saturated carbocycles. The Hall–Kier alpha value is -0.630. The average Bonchev–Trinajstić information content (AvgIpc) is 2.36. The van der Waals surface area contributed by atoms with Gasteiger partial charge in [-0.2, -0.15) is 0 Å². The molecule has 0 N–H and O–H groups in total. The molecular weight excluding hydrogens is 295 g/mol. The molecule has 0 radical (unpaired) electrons. The third-order valence-corrected chi connectivity index (χ3v) is 5.72. The third-order valence-electron chi connectivity index (χ3n) is 3.56. The van der Waals surface area contributed by atoms with Gasteiger partial charge in [0.2, 0.25) is 0 Å². The van der Waals surface area contributed by atoms with Gasteiger partial charge in [0, 0.05) is 0 Å². The molecule has 126 valence electrons. The lowest BCUT2D eigenvalue weighted by Gasteiger charge is -2.29. The van der Waals surface area contributed by atoms with Gasteiger partial charge in [0.1, 0.15) is 0 Å². The van der Waals surface area contributed by atoms with E-state index in [1.807, 2.05) is 19.9 Å². The van der Waals surface area contributed by atoms with Crippen molar-refractivity contribution in [3.05, 3.63) is 29.3 Å². The standard InChI is InChI=1S/C18H31O3P/c1-9-20-22(19,21-10-2)16-13-14(17(3,4)5)11-12-15(16)18(6,7)8/h11-13H,9-10H2,1-8H3. The monoisotopic (exact) mass is 326 g/mol. The first-order valence-electron chi connectivity index (χ1n) is 8.00. The van der Waals surface area contributed by atoms with Crippen molar-refractivity contribution in [3.8, 4) is 0 Å². The summed E-state index contributed by atoms with van der Waals surface area (Å²) in [5.74, 6) is 0. The van der Waals surface area contributed by atoms with Crippen molar-refractivity contribution >= 4 is 12.9 Å². The Kier molecular flexibility index (Phi) is 6.06. The maximum absolute atomic E-state index is 13.3. The zero-order chi connectivity index (χ0) is 17.2. The van der Waals surface area contributed by atoms with Crippen molar-refractivity contribution < 1.29 is 13.6 Å². The molecule has 0 atom stereocenters. The third kappa shape index (κ3) is 4.44. The van der Waals surface area contributed by atoms with E-state index in [1.54, 1.807) is 0 Å². The van der Waals surface area contributed by atoms with Crippen LogP contribution in [0.3, 0.4) is 0 Å². The highest BCUT2D eigenvalue weighted by molar-refractivity contribution is 7.62. The predicted molar refractivity (Wildman–Crippen MR) is 94.3 cm³/mol. The lowest BCUT2D eigenvalue weighted by Crippen LogP contribution is -2.27. The van der Waals surface area contributed by atoms with Crippen LogP contribution in [0.25, 0.3) is 0 Å². The minimum atomic E-state index is -3.30. The molecule has 0 aliphatic rings. The molecule has 0 heterocycles. The Bertz CT molecular complexity index is 540. The number of hydrogen-bond donors (Lipinski definition) is 0. The minimum absolute atomic E-state index is 0.0194. The molecule has 0 aromatic heterocycles. The predicted octanol–water partition coefficient (Wildman–Crippen LogP) is 5.17. The molecule has 0 saturated heterocycles. The van der Waals surface area contributed by atoms with Gasteiger partial charge in [-0.25, -0.2) is 0 Å². The van der Waals surface area contributed by atoms with E-state index in [0.717, 1.165) is 11.1 Å². The molecule has 0 bridgehead atoms. The molecule has 3 nitrogen and oxygen atoms in total. The van der Waals surface area contributed by atoms with Crippen LogP contribution in [0.15, 0.2) is 18.2 Å². The van der Waals surface area contributed by atoms with Crippen LogP contribution >= 0.6 is 7.60 Å². The van der Waals surface area contributed by atoms with Crippen LogP contribution in [0.1, 0.15) is 66.5 Å². The Morgan fingerprint density at radius 2 is 1.41 bits per heavy atom. The van der Waals surface area contributed by atoms with Gasteiger partial charge in [-0.3, -0.25) is 4.57 Å². The molecule has 1 aromatic carbocycles. The van der Waals surface area contributed by atoms with Crippen LogP contribution in [0.2, 0.25) is 0 Å². The number of benzene rings is 1. The van der Waals surface area contributed by atoms with Gasteiger partial charge in [0.25, 0.3) is 0 Å². The fourth-order valence-corrected chi connectivity index (χ4v) is 4.41. The van der Waals surface area contributed by atoms with E-state index in [2.05, 4.69) is 53.7 Å². The van der Waals surface area contributed by atoms with Crippen molar-refractivity contribution in [2.75, 3.05) is 13.2 Å². The minimum Gasteiger partial charge on any atom is -0.305 e. The number of hydrogen-bond acceptors (Lipinski definition) is 3. The van der Waals surface area contributed by atoms with Crippen molar-refractivity contribution in [2.24, 2.45) is 0 Å². The largest absolute Gasteiger partial charge is 0.361 e. The smallest absolute Gasteiger partial charge is 0.305 e. The van der Waals surface area contributed by atoms with Crippen LogP contribution in [0, 0.1) is 0 Å². The first kappa shape index (κ1) is 19.4. The topological polar surface area (TPSA) is 35.5 Å². The Morgan fingerprint density at radius 3 is 1.77 bits per heavy atom. The summed E-state index contributed by atoms with van der Waals surface area (Å²) >= 11 is 0. The molecule has 0 amide bonds. The molecule has 1 aromatic rings. The van der Waals surface area contributed by atoms with E-state index in [4.69, 9.17) is 9.05 Å². The highest BCUT2D eigenvalue weighted by Crippen LogP contribution is 2.49. The van der Waals surface area contributed by atoms with Crippen LogP contribution in [-0.4, -0.2) is 13.2 Å². The molecule has 4 heteroatoms. The van der Waals surface area contributed by atoms with Crippen molar-refractivity contribution in [2.45, 2.75) is 66.2 Å². The fourth-order valence-electron chi connectivity index (χ4n) is 2.38. The van der Waals surface area contributed by atoms with E-state index in [0.29, 0.717) is 18.5 Å². The van der Waals surface area contributed by atoms with Crippen molar-refractivity contribution in [1.82, 2.24) is 0 Å². The molecule has 0 aliphatic heterocycles. The summed E-state index contributed by atoms with van der Waals surface area (Å²) < 4.78 is 24.5. The van der Waals surface area contributed by atoms with Gasteiger partial charge in [0.05, 0.1) is 18.5 Å². The maximum Gasteiger partial charge on any atom is 0.361 e. The first-order chi connectivity index (χ1) is 9.95. The fraction of sp³-hybridized carbons (Fsp3) is 0.667. The summed E-state index contributed by atoms with van der Waals surface area (Å²) in [6, 6.07) is 6.19. The zero-order valence-electron chi connectivity index (χ0n) is 15.3. The molecular formula is C18H31O3P.